The summed E-state index contributed by atoms with van der Waals surface area (Å²) in [4.78, 5) is 10.4. The molecule has 0 saturated carbocycles. The highest BCUT2D eigenvalue weighted by atomic mass is 16.3. The summed E-state index contributed by atoms with van der Waals surface area (Å²) >= 11 is 0. The number of rotatable bonds is 6. The maximum absolute atomic E-state index is 6.18. The first kappa shape index (κ1) is 32.1. The number of hydrogen-bond donors (Lipinski definition) is 0. The average Bonchev–Trinajstić information content (AvgIpc) is 3.80. The van der Waals surface area contributed by atoms with Gasteiger partial charge in [-0.3, -0.25) is 0 Å². The van der Waals surface area contributed by atoms with E-state index in [1.807, 2.05) is 30.3 Å². The van der Waals surface area contributed by atoms with Crippen LogP contribution in [0.25, 0.3) is 78.1 Å². The summed E-state index contributed by atoms with van der Waals surface area (Å²) < 4.78 is 6.18. The first-order chi connectivity index (χ1) is 27.8. The van der Waals surface area contributed by atoms with Gasteiger partial charge in [-0.2, -0.15) is 0 Å². The minimum atomic E-state index is -0.444. The lowest BCUT2D eigenvalue weighted by Crippen LogP contribution is -2.28. The van der Waals surface area contributed by atoms with E-state index in [2.05, 4.69) is 176 Å². The standard InChI is InChI=1S/C53H34N2O/c1-4-16-35(17-5-1)52-54-48(37-29-31-51-45(33-37)43-25-13-15-27-50(43)56-51)34-49(55-52)42-24-11-10-22-40(42)36-28-30-47-44(32-36)41-23-12-14-26-46(41)53(47,38-18-6-2-7-19-38)39-20-8-3-9-21-39/h1-34H. The number of aromatic nitrogens is 2. The fourth-order valence-electron chi connectivity index (χ4n) is 8.91. The molecule has 8 aromatic carbocycles. The van der Waals surface area contributed by atoms with Crippen molar-refractivity contribution in [3.8, 4) is 56.2 Å². The molecule has 2 heterocycles. The van der Waals surface area contributed by atoms with Gasteiger partial charge < -0.3 is 4.42 Å². The molecule has 1 aliphatic carbocycles. The van der Waals surface area contributed by atoms with Gasteiger partial charge in [0.05, 0.1) is 16.8 Å². The van der Waals surface area contributed by atoms with Crippen LogP contribution in [-0.4, -0.2) is 9.97 Å². The molecule has 262 valence electrons. The first-order valence-electron chi connectivity index (χ1n) is 19.1. The molecule has 10 aromatic rings. The van der Waals surface area contributed by atoms with Gasteiger partial charge in [0.1, 0.15) is 11.2 Å². The molecule has 56 heavy (non-hydrogen) atoms. The van der Waals surface area contributed by atoms with Crippen LogP contribution in [0.4, 0.5) is 0 Å². The van der Waals surface area contributed by atoms with Gasteiger partial charge in [0, 0.05) is 27.5 Å². The van der Waals surface area contributed by atoms with Gasteiger partial charge in [0.25, 0.3) is 0 Å². The number of nitrogens with zero attached hydrogens (tertiary/aromatic N) is 2. The molecule has 0 aliphatic heterocycles. The van der Waals surface area contributed by atoms with Gasteiger partial charge in [0.2, 0.25) is 0 Å². The van der Waals surface area contributed by atoms with Crippen molar-refractivity contribution >= 4 is 21.9 Å². The zero-order valence-corrected chi connectivity index (χ0v) is 30.4. The van der Waals surface area contributed by atoms with E-state index in [1.54, 1.807) is 0 Å². The molecule has 0 atom stereocenters. The van der Waals surface area contributed by atoms with E-state index in [0.717, 1.165) is 61.1 Å². The van der Waals surface area contributed by atoms with Crippen molar-refractivity contribution in [2.45, 2.75) is 5.41 Å². The molecular formula is C53H34N2O. The molecule has 1 aliphatic rings. The largest absolute Gasteiger partial charge is 0.456 e. The van der Waals surface area contributed by atoms with E-state index < -0.39 is 5.41 Å². The molecular weight excluding hydrogens is 681 g/mol. The van der Waals surface area contributed by atoms with E-state index in [9.17, 15) is 0 Å². The Kier molecular flexibility index (Phi) is 7.39. The van der Waals surface area contributed by atoms with Crippen LogP contribution in [-0.2, 0) is 5.41 Å². The zero-order valence-electron chi connectivity index (χ0n) is 30.4. The van der Waals surface area contributed by atoms with Crippen LogP contribution in [0.1, 0.15) is 22.3 Å². The third-order valence-electron chi connectivity index (χ3n) is 11.4. The number of furan rings is 1. The molecule has 11 rings (SSSR count). The Morgan fingerprint density at radius 2 is 0.911 bits per heavy atom. The number of para-hydroxylation sites is 1. The normalized spacial score (nSPS) is 12.8. The molecule has 0 radical (unpaired) electrons. The molecule has 2 aromatic heterocycles. The van der Waals surface area contributed by atoms with Crippen LogP contribution in [0.15, 0.2) is 211 Å². The van der Waals surface area contributed by atoms with E-state index in [1.165, 1.54) is 33.4 Å². The second-order valence-electron chi connectivity index (χ2n) is 14.5. The fraction of sp³-hybridized carbons (Fsp3) is 0.0189. The predicted molar refractivity (Wildman–Crippen MR) is 228 cm³/mol. The highest BCUT2D eigenvalue weighted by molar-refractivity contribution is 6.06. The molecule has 0 unspecified atom stereocenters. The highest BCUT2D eigenvalue weighted by Gasteiger charge is 2.46. The Hall–Kier alpha value is -7.36. The van der Waals surface area contributed by atoms with Gasteiger partial charge in [-0.15, -0.1) is 0 Å². The lowest BCUT2D eigenvalue weighted by Gasteiger charge is -2.33. The molecule has 3 heteroatoms. The summed E-state index contributed by atoms with van der Waals surface area (Å²) in [6.07, 6.45) is 0. The molecule has 0 spiro atoms. The minimum absolute atomic E-state index is 0.444. The van der Waals surface area contributed by atoms with Crippen molar-refractivity contribution in [3.63, 3.8) is 0 Å². The third-order valence-corrected chi connectivity index (χ3v) is 11.4. The molecule has 0 saturated heterocycles. The Morgan fingerprint density at radius 3 is 1.68 bits per heavy atom. The second-order valence-corrected chi connectivity index (χ2v) is 14.5. The Morgan fingerprint density at radius 1 is 0.339 bits per heavy atom. The number of hydrogen-bond acceptors (Lipinski definition) is 3. The van der Waals surface area contributed by atoms with E-state index in [0.29, 0.717) is 5.82 Å². The maximum Gasteiger partial charge on any atom is 0.160 e. The van der Waals surface area contributed by atoms with Crippen LogP contribution in [0, 0.1) is 0 Å². The summed E-state index contributed by atoms with van der Waals surface area (Å²) in [5, 5.41) is 2.16. The quantitative estimate of drug-likeness (QED) is 0.172. The van der Waals surface area contributed by atoms with Crippen molar-refractivity contribution in [1.82, 2.24) is 9.97 Å². The van der Waals surface area contributed by atoms with Crippen LogP contribution in [0.5, 0.6) is 0 Å². The molecule has 3 nitrogen and oxygen atoms in total. The predicted octanol–water partition coefficient (Wildman–Crippen LogP) is 13.4. The van der Waals surface area contributed by atoms with Crippen LogP contribution >= 0.6 is 0 Å². The third kappa shape index (κ3) is 4.98. The van der Waals surface area contributed by atoms with E-state index in [-0.39, 0.29) is 0 Å². The average molecular weight is 715 g/mol. The summed E-state index contributed by atoms with van der Waals surface area (Å²) in [6.45, 7) is 0. The number of benzene rings is 8. The van der Waals surface area contributed by atoms with Crippen LogP contribution in [0.2, 0.25) is 0 Å². The van der Waals surface area contributed by atoms with Crippen molar-refractivity contribution < 1.29 is 4.42 Å². The lowest BCUT2D eigenvalue weighted by atomic mass is 9.67. The molecule has 0 amide bonds. The topological polar surface area (TPSA) is 38.9 Å². The van der Waals surface area contributed by atoms with E-state index >= 15 is 0 Å². The van der Waals surface area contributed by atoms with Crippen molar-refractivity contribution in [2.75, 3.05) is 0 Å². The Bertz CT molecular complexity index is 3040. The van der Waals surface area contributed by atoms with Gasteiger partial charge >= 0.3 is 0 Å². The van der Waals surface area contributed by atoms with Crippen LogP contribution in [0.3, 0.4) is 0 Å². The van der Waals surface area contributed by atoms with Gasteiger partial charge in [0.15, 0.2) is 5.82 Å². The van der Waals surface area contributed by atoms with Crippen molar-refractivity contribution in [2.24, 2.45) is 0 Å². The molecule has 0 bridgehead atoms. The Labute approximate surface area is 325 Å². The van der Waals surface area contributed by atoms with Crippen LogP contribution < -0.4 is 0 Å². The Balaban J connectivity index is 1.10. The van der Waals surface area contributed by atoms with Crippen molar-refractivity contribution in [1.29, 1.82) is 0 Å². The fourth-order valence-corrected chi connectivity index (χ4v) is 8.91. The summed E-state index contributed by atoms with van der Waals surface area (Å²) in [5.41, 5.74) is 15.9. The minimum Gasteiger partial charge on any atom is -0.456 e. The van der Waals surface area contributed by atoms with E-state index in [4.69, 9.17) is 14.4 Å². The zero-order chi connectivity index (χ0) is 37.1. The number of fused-ring (bicyclic) bond motifs is 6. The summed E-state index contributed by atoms with van der Waals surface area (Å²) in [7, 11) is 0. The van der Waals surface area contributed by atoms with Crippen molar-refractivity contribution in [3.05, 3.63) is 229 Å². The molecule has 0 fully saturated rings. The lowest BCUT2D eigenvalue weighted by molar-refractivity contribution is 0.669. The monoisotopic (exact) mass is 714 g/mol. The SMILES string of the molecule is c1ccc(-c2nc(-c3ccc4oc5ccccc5c4c3)cc(-c3ccccc3-c3ccc4c(c3)-c3ccccc3C4(c3ccccc3)c3ccccc3)n2)cc1. The maximum atomic E-state index is 6.18. The highest BCUT2D eigenvalue weighted by Crippen LogP contribution is 2.56. The van der Waals surface area contributed by atoms with Gasteiger partial charge in [-0.25, -0.2) is 9.97 Å². The van der Waals surface area contributed by atoms with Gasteiger partial charge in [-0.1, -0.05) is 170 Å². The second kappa shape index (κ2) is 12.9. The first-order valence-corrected chi connectivity index (χ1v) is 19.1. The summed E-state index contributed by atoms with van der Waals surface area (Å²) in [6, 6.07) is 73.4. The van der Waals surface area contributed by atoms with Gasteiger partial charge in [-0.05, 0) is 80.9 Å². The molecule has 0 N–H and O–H groups in total. The smallest absolute Gasteiger partial charge is 0.160 e. The summed E-state index contributed by atoms with van der Waals surface area (Å²) in [5.74, 6) is 0.684.